The van der Waals surface area contributed by atoms with Crippen LogP contribution in [0.25, 0.3) is 0 Å². The van der Waals surface area contributed by atoms with Crippen molar-refractivity contribution >= 4 is 27.1 Å². The van der Waals surface area contributed by atoms with E-state index in [1.807, 2.05) is 13.8 Å². The van der Waals surface area contributed by atoms with Gasteiger partial charge in [0.15, 0.2) is 9.84 Å². The van der Waals surface area contributed by atoms with Gasteiger partial charge in [0, 0.05) is 30.9 Å². The van der Waals surface area contributed by atoms with E-state index in [9.17, 15) is 13.2 Å². The molecule has 1 amide bonds. The molecular formula is C17H25N3O5S2. The molecule has 4 heterocycles. The van der Waals surface area contributed by atoms with E-state index in [2.05, 4.69) is 15.2 Å². The minimum Gasteiger partial charge on any atom is -0.370 e. The van der Waals surface area contributed by atoms with Gasteiger partial charge in [-0.05, 0) is 13.8 Å². The Bertz CT molecular complexity index is 828. The van der Waals surface area contributed by atoms with Crippen molar-refractivity contribution < 1.29 is 22.7 Å². The molecular weight excluding hydrogens is 390 g/mol. The van der Waals surface area contributed by atoms with Gasteiger partial charge in [0.05, 0.1) is 41.5 Å². The average molecular weight is 416 g/mol. The summed E-state index contributed by atoms with van der Waals surface area (Å²) in [4.78, 5) is 20.5. The lowest BCUT2D eigenvalue weighted by atomic mass is 9.97. The molecule has 0 aromatic carbocycles. The summed E-state index contributed by atoms with van der Waals surface area (Å²) < 4.78 is 34.3. The number of hydrogen-bond acceptors (Lipinski definition) is 8. The first-order chi connectivity index (χ1) is 12.7. The third-order valence-electron chi connectivity index (χ3n) is 5.35. The Kier molecular flexibility index (Phi) is 5.04. The van der Waals surface area contributed by atoms with E-state index in [0.29, 0.717) is 26.2 Å². The van der Waals surface area contributed by atoms with Crippen LogP contribution in [-0.2, 0) is 30.7 Å². The number of morpholine rings is 1. The Hall–Kier alpha value is -1.07. The van der Waals surface area contributed by atoms with Crippen LogP contribution in [0.1, 0.15) is 22.0 Å². The molecule has 4 rings (SSSR count). The molecule has 3 aliphatic heterocycles. The normalized spacial score (nSPS) is 31.1. The highest BCUT2D eigenvalue weighted by atomic mass is 32.2. The number of carbonyl (C=O) groups excluding carboxylic acids is 1. The standard InChI is InChI=1S/C17H25N3O5S2/c1-11-15(26-12(2)18-11)6-20-3-4-25-17(9-20)5-14(24-10-17)16(21)19-13-7-27(22,23)8-13/h13-14H,3-10H2,1-2H3,(H,19,21). The number of hydrogen-bond donors (Lipinski definition) is 1. The van der Waals surface area contributed by atoms with Gasteiger partial charge < -0.3 is 14.8 Å². The third-order valence-corrected chi connectivity index (χ3v) is 8.23. The Morgan fingerprint density at radius 3 is 2.85 bits per heavy atom. The van der Waals surface area contributed by atoms with Gasteiger partial charge in [0.25, 0.3) is 0 Å². The molecule has 1 N–H and O–H groups in total. The van der Waals surface area contributed by atoms with Crippen LogP contribution in [0.5, 0.6) is 0 Å². The zero-order valence-electron chi connectivity index (χ0n) is 15.6. The molecule has 3 saturated heterocycles. The summed E-state index contributed by atoms with van der Waals surface area (Å²) in [5.41, 5.74) is 0.605. The lowest BCUT2D eigenvalue weighted by Gasteiger charge is -2.39. The SMILES string of the molecule is Cc1nc(C)c(CN2CCOC3(COC(C(=O)NC4CS(=O)(=O)C4)C3)C2)s1. The second-order valence-corrected chi connectivity index (χ2v) is 11.2. The lowest BCUT2D eigenvalue weighted by Crippen LogP contribution is -2.55. The van der Waals surface area contributed by atoms with Crippen LogP contribution in [-0.4, -0.2) is 79.8 Å². The van der Waals surface area contributed by atoms with E-state index in [1.165, 1.54) is 4.88 Å². The molecule has 3 fully saturated rings. The number of amides is 1. The van der Waals surface area contributed by atoms with Crippen molar-refractivity contribution in [3.05, 3.63) is 15.6 Å². The van der Waals surface area contributed by atoms with E-state index >= 15 is 0 Å². The highest BCUT2D eigenvalue weighted by molar-refractivity contribution is 7.92. The minimum absolute atomic E-state index is 0.0223. The Morgan fingerprint density at radius 1 is 1.41 bits per heavy atom. The molecule has 2 unspecified atom stereocenters. The van der Waals surface area contributed by atoms with Crippen molar-refractivity contribution in [2.24, 2.45) is 0 Å². The van der Waals surface area contributed by atoms with E-state index in [0.717, 1.165) is 23.8 Å². The molecule has 0 radical (unpaired) electrons. The first-order valence-corrected chi connectivity index (χ1v) is 11.8. The third kappa shape index (κ3) is 4.19. The summed E-state index contributed by atoms with van der Waals surface area (Å²) >= 11 is 1.72. The molecule has 1 aromatic heterocycles. The Balaban J connectivity index is 1.33. The number of nitrogens with zero attached hydrogens (tertiary/aromatic N) is 2. The first-order valence-electron chi connectivity index (χ1n) is 9.15. The van der Waals surface area contributed by atoms with Crippen molar-refractivity contribution in [3.8, 4) is 0 Å². The van der Waals surface area contributed by atoms with Gasteiger partial charge in [-0.1, -0.05) is 0 Å². The smallest absolute Gasteiger partial charge is 0.249 e. The summed E-state index contributed by atoms with van der Waals surface area (Å²) in [5, 5.41) is 3.85. The quantitative estimate of drug-likeness (QED) is 0.741. The lowest BCUT2D eigenvalue weighted by molar-refractivity contribution is -0.130. The zero-order valence-corrected chi connectivity index (χ0v) is 17.2. The highest BCUT2D eigenvalue weighted by Crippen LogP contribution is 2.33. The maximum Gasteiger partial charge on any atom is 0.249 e. The summed E-state index contributed by atoms with van der Waals surface area (Å²) in [6, 6.07) is -0.288. The van der Waals surface area contributed by atoms with Crippen molar-refractivity contribution in [2.75, 3.05) is 37.8 Å². The van der Waals surface area contributed by atoms with E-state index in [-0.39, 0.29) is 23.5 Å². The van der Waals surface area contributed by atoms with Crippen LogP contribution in [0, 0.1) is 13.8 Å². The molecule has 27 heavy (non-hydrogen) atoms. The van der Waals surface area contributed by atoms with Crippen LogP contribution >= 0.6 is 11.3 Å². The molecule has 0 aliphatic carbocycles. The molecule has 2 atom stereocenters. The summed E-state index contributed by atoms with van der Waals surface area (Å²) in [6.45, 7) is 7.43. The van der Waals surface area contributed by atoms with Crippen LogP contribution in [0.3, 0.4) is 0 Å². The molecule has 10 heteroatoms. The number of nitrogens with one attached hydrogen (secondary N) is 1. The average Bonchev–Trinajstić information content (AvgIpc) is 3.09. The van der Waals surface area contributed by atoms with Crippen LogP contribution in [0.15, 0.2) is 0 Å². The Labute approximate surface area is 163 Å². The summed E-state index contributed by atoms with van der Waals surface area (Å²) in [6.07, 6.45) is -0.0872. The molecule has 8 nitrogen and oxygen atoms in total. The maximum absolute atomic E-state index is 12.4. The fourth-order valence-electron chi connectivity index (χ4n) is 4.01. The number of sulfone groups is 1. The van der Waals surface area contributed by atoms with Gasteiger partial charge in [-0.25, -0.2) is 13.4 Å². The number of aryl methyl sites for hydroxylation is 2. The number of thiazole rings is 1. The van der Waals surface area contributed by atoms with Crippen LogP contribution in [0.4, 0.5) is 0 Å². The summed E-state index contributed by atoms with van der Waals surface area (Å²) in [5.74, 6) is -0.190. The van der Waals surface area contributed by atoms with Crippen LogP contribution < -0.4 is 5.32 Å². The maximum atomic E-state index is 12.4. The largest absolute Gasteiger partial charge is 0.370 e. The zero-order chi connectivity index (χ0) is 19.2. The van der Waals surface area contributed by atoms with E-state index in [1.54, 1.807) is 11.3 Å². The van der Waals surface area contributed by atoms with E-state index < -0.39 is 21.5 Å². The molecule has 1 spiro atoms. The van der Waals surface area contributed by atoms with Crippen molar-refractivity contribution in [1.82, 2.24) is 15.2 Å². The molecule has 1 aromatic rings. The second-order valence-electron chi connectivity index (χ2n) is 7.77. The van der Waals surface area contributed by atoms with Crippen LogP contribution in [0.2, 0.25) is 0 Å². The van der Waals surface area contributed by atoms with Gasteiger partial charge in [-0.15, -0.1) is 11.3 Å². The van der Waals surface area contributed by atoms with Gasteiger partial charge in [0.2, 0.25) is 5.91 Å². The second kappa shape index (κ2) is 7.07. The van der Waals surface area contributed by atoms with Gasteiger partial charge in [0.1, 0.15) is 11.7 Å². The van der Waals surface area contributed by atoms with Gasteiger partial charge >= 0.3 is 0 Å². The monoisotopic (exact) mass is 415 g/mol. The fourth-order valence-corrected chi connectivity index (χ4v) is 6.29. The predicted octanol–water partition coefficient (Wildman–Crippen LogP) is 0.0330. The fraction of sp³-hybridized carbons (Fsp3) is 0.765. The number of aromatic nitrogens is 1. The van der Waals surface area contributed by atoms with Gasteiger partial charge in [-0.2, -0.15) is 0 Å². The Morgan fingerprint density at radius 2 is 2.19 bits per heavy atom. The summed E-state index contributed by atoms with van der Waals surface area (Å²) in [7, 11) is -2.96. The number of ether oxygens (including phenoxy) is 2. The van der Waals surface area contributed by atoms with Gasteiger partial charge in [-0.3, -0.25) is 9.69 Å². The highest BCUT2D eigenvalue weighted by Gasteiger charge is 2.47. The molecule has 0 bridgehead atoms. The topological polar surface area (TPSA) is 97.8 Å². The van der Waals surface area contributed by atoms with Crippen molar-refractivity contribution in [2.45, 2.75) is 44.6 Å². The minimum atomic E-state index is -2.96. The number of rotatable bonds is 4. The van der Waals surface area contributed by atoms with Crippen molar-refractivity contribution in [3.63, 3.8) is 0 Å². The van der Waals surface area contributed by atoms with E-state index in [4.69, 9.17) is 9.47 Å². The first kappa shape index (κ1) is 19.3. The number of carbonyl (C=O) groups is 1. The predicted molar refractivity (Wildman–Crippen MR) is 100 cm³/mol. The van der Waals surface area contributed by atoms with Crippen molar-refractivity contribution in [1.29, 1.82) is 0 Å². The molecule has 3 aliphatic rings. The molecule has 150 valence electrons. The molecule has 0 saturated carbocycles.